The van der Waals surface area contributed by atoms with Crippen molar-refractivity contribution in [1.29, 1.82) is 0 Å². The van der Waals surface area contributed by atoms with Crippen molar-refractivity contribution in [1.82, 2.24) is 5.32 Å². The Balaban J connectivity index is 1.80. The SMILES string of the molecule is COc1ccc(C(=O)NCC(=O)O[C@H](C)C(=O)Nc2ccc(C(N)=O)cc2)cc1. The van der Waals surface area contributed by atoms with Gasteiger partial charge < -0.3 is 25.8 Å². The average Bonchev–Trinajstić information content (AvgIpc) is 2.72. The van der Waals surface area contributed by atoms with Crippen molar-refractivity contribution in [2.24, 2.45) is 5.73 Å². The molecule has 0 radical (unpaired) electrons. The summed E-state index contributed by atoms with van der Waals surface area (Å²) in [6, 6.07) is 12.3. The molecule has 0 unspecified atom stereocenters. The molecule has 0 saturated carbocycles. The first-order valence-corrected chi connectivity index (χ1v) is 8.62. The van der Waals surface area contributed by atoms with Crippen LogP contribution in [-0.2, 0) is 14.3 Å². The Labute approximate surface area is 167 Å². The van der Waals surface area contributed by atoms with Gasteiger partial charge in [-0.25, -0.2) is 0 Å². The Morgan fingerprint density at radius 1 is 0.966 bits per heavy atom. The third kappa shape index (κ3) is 6.35. The number of primary amides is 1. The number of amides is 3. The Morgan fingerprint density at radius 2 is 1.55 bits per heavy atom. The zero-order valence-corrected chi connectivity index (χ0v) is 15.9. The molecule has 1 atom stereocenters. The zero-order chi connectivity index (χ0) is 21.4. The van der Waals surface area contributed by atoms with Gasteiger partial charge in [-0.1, -0.05) is 0 Å². The Hall–Kier alpha value is -3.88. The molecule has 2 aromatic rings. The summed E-state index contributed by atoms with van der Waals surface area (Å²) in [7, 11) is 1.51. The van der Waals surface area contributed by atoms with Crippen LogP contribution in [0.15, 0.2) is 48.5 Å². The van der Waals surface area contributed by atoms with Gasteiger partial charge in [0.2, 0.25) is 5.91 Å². The van der Waals surface area contributed by atoms with E-state index in [9.17, 15) is 19.2 Å². The molecule has 29 heavy (non-hydrogen) atoms. The number of rotatable bonds is 8. The standard InChI is InChI=1S/C20H21N3O6/c1-12(19(26)23-15-7-3-13(4-8-15)18(21)25)29-17(24)11-22-20(27)14-5-9-16(28-2)10-6-14/h3-10,12H,11H2,1-2H3,(H2,21,25)(H,22,27)(H,23,26)/t12-/m1/s1. The summed E-state index contributed by atoms with van der Waals surface area (Å²) in [5.41, 5.74) is 6.21. The number of carbonyl (C=O) groups excluding carboxylic acids is 4. The van der Waals surface area contributed by atoms with Crippen LogP contribution < -0.4 is 21.1 Å². The molecule has 0 saturated heterocycles. The molecule has 0 aliphatic carbocycles. The topological polar surface area (TPSA) is 137 Å². The molecule has 0 aliphatic heterocycles. The van der Waals surface area contributed by atoms with Crippen molar-refractivity contribution in [3.8, 4) is 5.75 Å². The van der Waals surface area contributed by atoms with E-state index >= 15 is 0 Å². The van der Waals surface area contributed by atoms with E-state index in [-0.39, 0.29) is 0 Å². The first kappa shape index (κ1) is 21.4. The Bertz CT molecular complexity index is 893. The normalized spacial score (nSPS) is 11.1. The number of nitrogens with two attached hydrogens (primary N) is 1. The third-order valence-corrected chi connectivity index (χ3v) is 3.86. The van der Waals surface area contributed by atoms with E-state index in [1.807, 2.05) is 0 Å². The molecule has 3 amide bonds. The van der Waals surface area contributed by atoms with Crippen LogP contribution in [-0.4, -0.2) is 43.4 Å². The van der Waals surface area contributed by atoms with E-state index in [0.29, 0.717) is 22.6 Å². The summed E-state index contributed by atoms with van der Waals surface area (Å²) in [6.45, 7) is 1.01. The van der Waals surface area contributed by atoms with Gasteiger partial charge in [0.1, 0.15) is 12.3 Å². The molecule has 152 valence electrons. The van der Waals surface area contributed by atoms with Gasteiger partial charge in [0, 0.05) is 16.8 Å². The maximum absolute atomic E-state index is 12.1. The smallest absolute Gasteiger partial charge is 0.326 e. The predicted molar refractivity (Wildman–Crippen MR) is 104 cm³/mol. The fourth-order valence-corrected chi connectivity index (χ4v) is 2.25. The van der Waals surface area contributed by atoms with Crippen LogP contribution in [0.3, 0.4) is 0 Å². The van der Waals surface area contributed by atoms with Crippen molar-refractivity contribution in [2.45, 2.75) is 13.0 Å². The van der Waals surface area contributed by atoms with Crippen LogP contribution in [0.2, 0.25) is 0 Å². The fourth-order valence-electron chi connectivity index (χ4n) is 2.25. The molecule has 0 heterocycles. The summed E-state index contributed by atoms with van der Waals surface area (Å²) in [4.78, 5) is 47.0. The molecule has 9 heteroatoms. The van der Waals surface area contributed by atoms with Gasteiger partial charge >= 0.3 is 5.97 Å². The summed E-state index contributed by atoms with van der Waals surface area (Å²) >= 11 is 0. The molecule has 0 aliphatic rings. The number of benzene rings is 2. The van der Waals surface area contributed by atoms with Gasteiger partial charge in [-0.05, 0) is 55.5 Å². The lowest BCUT2D eigenvalue weighted by molar-refractivity contribution is -0.152. The molecular formula is C20H21N3O6. The lowest BCUT2D eigenvalue weighted by atomic mass is 10.2. The molecular weight excluding hydrogens is 378 g/mol. The number of esters is 1. The minimum absolute atomic E-state index is 0.301. The van der Waals surface area contributed by atoms with Gasteiger partial charge in [0.05, 0.1) is 7.11 Å². The number of nitrogens with one attached hydrogen (secondary N) is 2. The monoisotopic (exact) mass is 399 g/mol. The van der Waals surface area contributed by atoms with Crippen molar-refractivity contribution in [3.63, 3.8) is 0 Å². The lowest BCUT2D eigenvalue weighted by Gasteiger charge is -2.14. The molecule has 0 fully saturated rings. The summed E-state index contributed by atoms with van der Waals surface area (Å²) in [6.07, 6.45) is -1.09. The van der Waals surface area contributed by atoms with Crippen molar-refractivity contribution < 1.29 is 28.7 Å². The van der Waals surface area contributed by atoms with Crippen LogP contribution >= 0.6 is 0 Å². The number of hydrogen-bond donors (Lipinski definition) is 3. The second-order valence-corrected chi connectivity index (χ2v) is 5.97. The van der Waals surface area contributed by atoms with E-state index in [0.717, 1.165) is 0 Å². The first-order chi connectivity index (χ1) is 13.8. The molecule has 9 nitrogen and oxygen atoms in total. The van der Waals surface area contributed by atoms with Crippen molar-refractivity contribution >= 4 is 29.4 Å². The van der Waals surface area contributed by atoms with Gasteiger partial charge in [-0.2, -0.15) is 0 Å². The molecule has 2 aromatic carbocycles. The number of methoxy groups -OCH3 is 1. The number of hydrogen-bond acceptors (Lipinski definition) is 6. The maximum atomic E-state index is 12.1. The van der Waals surface area contributed by atoms with Gasteiger partial charge in [-0.15, -0.1) is 0 Å². The van der Waals surface area contributed by atoms with Crippen LogP contribution in [0.1, 0.15) is 27.6 Å². The molecule has 2 rings (SSSR count). The van der Waals surface area contributed by atoms with E-state index in [4.69, 9.17) is 15.2 Å². The van der Waals surface area contributed by atoms with Crippen LogP contribution in [0.4, 0.5) is 5.69 Å². The summed E-state index contributed by atoms with van der Waals surface area (Å²) < 4.78 is 10.0. The number of ether oxygens (including phenoxy) is 2. The molecule has 0 spiro atoms. The molecule has 4 N–H and O–H groups in total. The van der Waals surface area contributed by atoms with E-state index in [2.05, 4.69) is 10.6 Å². The average molecular weight is 399 g/mol. The summed E-state index contributed by atoms with van der Waals surface area (Å²) in [5.74, 6) is -1.77. The maximum Gasteiger partial charge on any atom is 0.326 e. The predicted octanol–water partition coefficient (Wildman–Crippen LogP) is 1.09. The number of carbonyl (C=O) groups is 4. The summed E-state index contributed by atoms with van der Waals surface area (Å²) in [5, 5.41) is 4.96. The number of anilines is 1. The highest BCUT2D eigenvalue weighted by Gasteiger charge is 2.18. The highest BCUT2D eigenvalue weighted by molar-refractivity contribution is 5.98. The van der Waals surface area contributed by atoms with Crippen molar-refractivity contribution in [2.75, 3.05) is 19.0 Å². The molecule has 0 aromatic heterocycles. The van der Waals surface area contributed by atoms with Gasteiger partial charge in [0.15, 0.2) is 6.10 Å². The molecule has 0 bridgehead atoms. The highest BCUT2D eigenvalue weighted by atomic mass is 16.5. The van der Waals surface area contributed by atoms with E-state index < -0.39 is 36.3 Å². The van der Waals surface area contributed by atoms with Gasteiger partial charge in [-0.3, -0.25) is 19.2 Å². The van der Waals surface area contributed by atoms with Gasteiger partial charge in [0.25, 0.3) is 11.8 Å². The fraction of sp³-hybridized carbons (Fsp3) is 0.200. The lowest BCUT2D eigenvalue weighted by Crippen LogP contribution is -2.35. The largest absolute Gasteiger partial charge is 0.497 e. The van der Waals surface area contributed by atoms with Crippen molar-refractivity contribution in [3.05, 3.63) is 59.7 Å². The van der Waals surface area contributed by atoms with E-state index in [1.165, 1.54) is 38.3 Å². The highest BCUT2D eigenvalue weighted by Crippen LogP contribution is 2.11. The minimum atomic E-state index is -1.09. The van der Waals surface area contributed by atoms with Crippen LogP contribution in [0, 0.1) is 0 Å². The van der Waals surface area contributed by atoms with Crippen LogP contribution in [0.25, 0.3) is 0 Å². The second-order valence-electron chi connectivity index (χ2n) is 5.97. The third-order valence-electron chi connectivity index (χ3n) is 3.86. The zero-order valence-electron chi connectivity index (χ0n) is 15.9. The van der Waals surface area contributed by atoms with E-state index in [1.54, 1.807) is 24.3 Å². The van der Waals surface area contributed by atoms with Crippen LogP contribution in [0.5, 0.6) is 5.75 Å². The quantitative estimate of drug-likeness (QED) is 0.569. The second kappa shape index (κ2) is 9.88. The minimum Gasteiger partial charge on any atom is -0.497 e. The Kier molecular flexibility index (Phi) is 7.30. The Morgan fingerprint density at radius 3 is 2.10 bits per heavy atom. The first-order valence-electron chi connectivity index (χ1n) is 8.62.